The summed E-state index contributed by atoms with van der Waals surface area (Å²) in [5, 5.41) is 8.00. The molecule has 0 saturated carbocycles. The Hall–Kier alpha value is -8.06. The minimum Gasteiger partial charge on any atom is -0.451 e. The quantitative estimate of drug-likeness (QED) is 0.0477. The Labute approximate surface area is 511 Å². The van der Waals surface area contributed by atoms with Gasteiger partial charge in [0.25, 0.3) is 23.6 Å². The first-order chi connectivity index (χ1) is 41.3. The van der Waals surface area contributed by atoms with E-state index in [1.807, 2.05) is 0 Å². The van der Waals surface area contributed by atoms with Crippen molar-refractivity contribution in [1.29, 1.82) is 0 Å². The lowest BCUT2D eigenvalue weighted by molar-refractivity contribution is -0.176. The first-order valence-electron chi connectivity index (χ1n) is 29.3. The first-order valence-corrected chi connectivity index (χ1v) is 29.3. The Morgan fingerprint density at radius 1 is 0.409 bits per heavy atom. The van der Waals surface area contributed by atoms with E-state index in [0.29, 0.717) is 22.3 Å². The summed E-state index contributed by atoms with van der Waals surface area (Å²) in [6.07, 6.45) is -4.00. The van der Waals surface area contributed by atoms with Gasteiger partial charge in [-0.15, -0.1) is 10.2 Å². The number of cyclic esters (lactones) is 4. The second kappa shape index (κ2) is 32.2. The average Bonchev–Trinajstić information content (AvgIpc) is 3.21. The Morgan fingerprint density at radius 2 is 0.670 bits per heavy atom. The van der Waals surface area contributed by atoms with Gasteiger partial charge in [0.05, 0.1) is 13.1 Å². The van der Waals surface area contributed by atoms with E-state index < -0.39 is 109 Å². The van der Waals surface area contributed by atoms with E-state index in [9.17, 15) is 46.3 Å². The second-order valence-corrected chi connectivity index (χ2v) is 23.9. The molecule has 0 bridgehead atoms. The van der Waals surface area contributed by atoms with E-state index in [1.54, 1.807) is 104 Å². The maximum atomic E-state index is 15.0. The summed E-state index contributed by atoms with van der Waals surface area (Å²) in [5.41, 5.74) is 2.30. The Morgan fingerprint density at radius 3 is 0.943 bits per heavy atom. The zero-order chi connectivity index (χ0) is 65.4. The van der Waals surface area contributed by atoms with Crippen molar-refractivity contribution in [3.63, 3.8) is 0 Å². The van der Waals surface area contributed by atoms with Crippen LogP contribution in [-0.2, 0) is 83.2 Å². The third-order valence-electron chi connectivity index (χ3n) is 14.7. The second-order valence-electron chi connectivity index (χ2n) is 23.9. The summed E-state index contributed by atoms with van der Waals surface area (Å²) < 4.78 is 86.9. The van der Waals surface area contributed by atoms with Crippen LogP contribution in [0.2, 0.25) is 0 Å². The number of rotatable bonds is 20. The molecule has 1 aliphatic rings. The Kier molecular flexibility index (Phi) is 25.9. The van der Waals surface area contributed by atoms with Crippen molar-refractivity contribution in [3.05, 3.63) is 95.3 Å². The summed E-state index contributed by atoms with van der Waals surface area (Å²) >= 11 is 0. The summed E-state index contributed by atoms with van der Waals surface area (Å²) in [6.45, 7) is 11.1. The van der Waals surface area contributed by atoms with Crippen LogP contribution >= 0.6 is 0 Å². The van der Waals surface area contributed by atoms with Crippen molar-refractivity contribution in [1.82, 2.24) is 39.2 Å². The molecule has 0 unspecified atom stereocenters. The minimum atomic E-state index is -3.07. The minimum absolute atomic E-state index is 0.00556. The number of nitrogens with zero attached hydrogens (tertiary/aromatic N) is 8. The monoisotopic (exact) mass is 1240 g/mol. The maximum Gasteiger partial charge on any atom is 0.388 e. The van der Waals surface area contributed by atoms with E-state index >= 15 is 9.59 Å². The molecule has 2 aromatic heterocycles. The number of carbonyl (C=O) groups excluding carboxylic acids is 8. The van der Waals surface area contributed by atoms with Crippen LogP contribution in [0.4, 0.5) is 17.6 Å². The van der Waals surface area contributed by atoms with Gasteiger partial charge in [-0.25, -0.2) is 19.2 Å². The van der Waals surface area contributed by atoms with Crippen LogP contribution in [0.25, 0.3) is 0 Å². The normalized spacial score (nSPS) is 22.3. The molecule has 1 aliphatic heterocycles. The van der Waals surface area contributed by atoms with Gasteiger partial charge in [-0.2, -0.15) is 17.6 Å². The predicted molar refractivity (Wildman–Crippen MR) is 311 cm³/mol. The van der Waals surface area contributed by atoms with Gasteiger partial charge < -0.3 is 48.0 Å². The smallest absolute Gasteiger partial charge is 0.388 e. The molecule has 4 amide bonds. The van der Waals surface area contributed by atoms with Crippen molar-refractivity contribution in [2.24, 2.45) is 23.7 Å². The van der Waals surface area contributed by atoms with Crippen molar-refractivity contribution < 1.29 is 84.3 Å². The number of aromatic nitrogens is 4. The fourth-order valence-electron chi connectivity index (χ4n) is 10.0. The maximum absolute atomic E-state index is 15.0. The third-order valence-corrected chi connectivity index (χ3v) is 14.7. The van der Waals surface area contributed by atoms with Crippen LogP contribution < -0.4 is 9.47 Å². The largest absolute Gasteiger partial charge is 0.451 e. The average molecular weight is 1240 g/mol. The van der Waals surface area contributed by atoms with Crippen molar-refractivity contribution in [2.75, 3.05) is 28.2 Å². The fraction of sp³-hybridized carbons (Fsp3) is 0.581. The number of hydrogen-bond donors (Lipinski definition) is 0. The van der Waals surface area contributed by atoms with E-state index in [4.69, 9.17) is 18.9 Å². The van der Waals surface area contributed by atoms with Gasteiger partial charge in [0.2, 0.25) is 11.8 Å². The molecule has 8 atom stereocenters. The molecule has 1 fully saturated rings. The molecule has 0 aliphatic carbocycles. The van der Waals surface area contributed by atoms with Crippen LogP contribution in [0, 0.1) is 23.7 Å². The molecule has 4 aromatic rings. The molecule has 2 aromatic carbocycles. The molecule has 1 saturated heterocycles. The topological polar surface area (TPSA) is 241 Å². The number of likely N-dealkylation sites (N-methyl/N-ethyl adjacent to an activating group) is 4. The summed E-state index contributed by atoms with van der Waals surface area (Å²) in [5.74, 6) is -8.95. The van der Waals surface area contributed by atoms with Crippen LogP contribution in [0.15, 0.2) is 73.1 Å². The summed E-state index contributed by atoms with van der Waals surface area (Å²) in [7, 11) is 5.30. The zero-order valence-electron chi connectivity index (χ0n) is 52.5. The van der Waals surface area contributed by atoms with E-state index in [-0.39, 0.29) is 87.0 Å². The zero-order valence-corrected chi connectivity index (χ0v) is 52.5. The van der Waals surface area contributed by atoms with E-state index in [0.717, 1.165) is 19.6 Å². The molecule has 5 rings (SSSR count). The summed E-state index contributed by atoms with van der Waals surface area (Å²) in [4.78, 5) is 122. The number of ether oxygens (including phenoxy) is 6. The van der Waals surface area contributed by atoms with Gasteiger partial charge >= 0.3 is 37.1 Å². The van der Waals surface area contributed by atoms with Gasteiger partial charge in [0.15, 0.2) is 24.4 Å². The molecule has 0 spiro atoms. The van der Waals surface area contributed by atoms with Crippen molar-refractivity contribution in [2.45, 2.75) is 183 Å². The highest BCUT2D eigenvalue weighted by atomic mass is 19.3. The highest BCUT2D eigenvalue weighted by molar-refractivity contribution is 5.94. The Bertz CT molecular complexity index is 2780. The van der Waals surface area contributed by atoms with Crippen LogP contribution in [-0.4, -0.2) is 177 Å². The van der Waals surface area contributed by atoms with Crippen LogP contribution in [0.1, 0.15) is 117 Å². The van der Waals surface area contributed by atoms with Gasteiger partial charge in [-0.1, -0.05) is 104 Å². The van der Waals surface area contributed by atoms with Gasteiger partial charge in [0, 0.05) is 65.6 Å². The summed E-state index contributed by atoms with van der Waals surface area (Å²) in [6, 6.07) is 10.5. The number of halogens is 4. The number of benzene rings is 2. The number of esters is 4. The standard InChI is InChI=1S/C62H84F4N8O14/c1-35(2)27-45-57(79)83-39(9)53(75)69(11)48(30-38(7)8)60(82)86-50(32-42-17-21-44(22-18-42)34-74-26-24-52(68-74)88-62(65)66)56(78)72(14)46(28-36(3)4)58(80)84-40(10)54(76)70(12)47(29-37(5)6)59(81)85-49(55(77)71(45)13)31-41-15-19-43(20-16-41)33-73-25-23-51(67-73)87-61(63)64/h15-26,35-40,45-50,61-62H,27-34H2,1-14H3/t39-,40-,45+,46+,47+,48+,49-,50-/m1/s1. The first kappa shape index (κ1) is 70.7. The lowest BCUT2D eigenvalue weighted by atomic mass is 9.99. The van der Waals surface area contributed by atoms with E-state index in [1.165, 1.54) is 75.9 Å². The highest BCUT2D eigenvalue weighted by Gasteiger charge is 2.43. The number of hydrogen-bond acceptors (Lipinski definition) is 16. The van der Waals surface area contributed by atoms with Gasteiger partial charge in [0.1, 0.15) is 24.2 Å². The number of amides is 4. The lowest BCUT2D eigenvalue weighted by Gasteiger charge is -2.35. The predicted octanol–water partition coefficient (Wildman–Crippen LogP) is 7.36. The van der Waals surface area contributed by atoms with Gasteiger partial charge in [-0.3, -0.25) is 28.5 Å². The molecule has 26 heteroatoms. The van der Waals surface area contributed by atoms with Crippen LogP contribution in [0.3, 0.4) is 0 Å². The number of alkyl halides is 4. The molecular formula is C62H84F4N8O14. The molecule has 88 heavy (non-hydrogen) atoms. The van der Waals surface area contributed by atoms with Crippen LogP contribution in [0.5, 0.6) is 11.8 Å². The molecular weight excluding hydrogens is 1160 g/mol. The SMILES string of the molecule is CC(C)C[C@H]1C(=O)O[C@H](Cc2ccc(Cn3ccc(OC(F)F)n3)cc2)C(=O)N(C)[C@@H](CC(C)C)C(=O)O[C@H](C)C(=O)N(C)[C@@H](CC(C)C)C(=O)O[C@H](Cc2ccc(Cn3ccc(OC(F)F)n3)cc2)C(=O)N(C)[C@@H](CC(C)C)C(=O)O[C@H](C)C(=O)N1C. The Balaban J connectivity index is 1.57. The molecule has 3 heterocycles. The van der Waals surface area contributed by atoms with Crippen molar-refractivity contribution >= 4 is 47.5 Å². The van der Waals surface area contributed by atoms with Crippen molar-refractivity contribution in [3.8, 4) is 11.8 Å². The molecule has 22 nitrogen and oxygen atoms in total. The third kappa shape index (κ3) is 20.5. The fourth-order valence-corrected chi connectivity index (χ4v) is 10.0. The van der Waals surface area contributed by atoms with E-state index in [2.05, 4.69) is 19.7 Å². The lowest BCUT2D eigenvalue weighted by Crippen LogP contribution is -2.55. The number of carbonyl (C=O) groups is 8. The molecule has 0 N–H and O–H groups in total. The highest BCUT2D eigenvalue weighted by Crippen LogP contribution is 2.25. The van der Waals surface area contributed by atoms with Gasteiger partial charge in [-0.05, 0) is 85.5 Å². The molecule has 0 radical (unpaired) electrons. The molecule has 484 valence electrons.